The van der Waals surface area contributed by atoms with Gasteiger partial charge in [-0.3, -0.25) is 4.79 Å². The van der Waals surface area contributed by atoms with E-state index in [0.717, 1.165) is 24.8 Å². The minimum atomic E-state index is -1.98. The minimum Gasteiger partial charge on any atom is -0.410 e. The van der Waals surface area contributed by atoms with Gasteiger partial charge in [0.05, 0.1) is 17.2 Å². The molecule has 27 heavy (non-hydrogen) atoms. The van der Waals surface area contributed by atoms with Crippen LogP contribution in [0.5, 0.6) is 0 Å². The zero-order chi connectivity index (χ0) is 20.3. The number of carbonyl (C=O) groups excluding carboxylic acids is 1. The minimum absolute atomic E-state index is 0.0184. The van der Waals surface area contributed by atoms with E-state index in [-0.39, 0.29) is 28.3 Å². The van der Waals surface area contributed by atoms with E-state index in [1.165, 1.54) is 6.07 Å². The van der Waals surface area contributed by atoms with Crippen molar-refractivity contribution in [3.63, 3.8) is 0 Å². The molecule has 150 valence electrons. The Morgan fingerprint density at radius 3 is 2.44 bits per heavy atom. The summed E-state index contributed by atoms with van der Waals surface area (Å²) in [7, 11) is -1.98. The van der Waals surface area contributed by atoms with Crippen molar-refractivity contribution in [1.29, 1.82) is 0 Å². The van der Waals surface area contributed by atoms with Gasteiger partial charge in [0.1, 0.15) is 5.82 Å². The van der Waals surface area contributed by atoms with Crippen LogP contribution in [0.1, 0.15) is 65.9 Å². The van der Waals surface area contributed by atoms with Crippen LogP contribution in [0.25, 0.3) is 0 Å². The van der Waals surface area contributed by atoms with Crippen LogP contribution in [0.2, 0.25) is 18.1 Å². The Bertz CT molecular complexity index is 740. The van der Waals surface area contributed by atoms with Crippen molar-refractivity contribution in [3.05, 3.63) is 35.6 Å². The van der Waals surface area contributed by atoms with Gasteiger partial charge in [-0.1, -0.05) is 32.9 Å². The van der Waals surface area contributed by atoms with E-state index in [1.807, 2.05) is 6.07 Å². The first-order valence-electron chi connectivity index (χ1n) is 10.1. The quantitative estimate of drug-likeness (QED) is 0.625. The number of fused-ring (bicyclic) bond motifs is 1. The van der Waals surface area contributed by atoms with E-state index in [1.54, 1.807) is 12.1 Å². The standard InChI is InChI=1S/C22H34FNO2Si/c1-20(2,3)27(6,7)26-21(4,5)18-11-13-22(14-12-19(25)24(18)22)16-9-8-10-17(23)15-16/h8-10,15,18H,11-14H2,1-7H3/t18-,22-/m1/s1. The largest absolute Gasteiger partial charge is 0.410 e. The number of hydrogen-bond acceptors (Lipinski definition) is 2. The van der Waals surface area contributed by atoms with Crippen molar-refractivity contribution in [3.8, 4) is 0 Å². The highest BCUT2D eigenvalue weighted by Crippen LogP contribution is 2.53. The summed E-state index contributed by atoms with van der Waals surface area (Å²) in [5, 5.41) is 0.109. The topological polar surface area (TPSA) is 29.5 Å². The third kappa shape index (κ3) is 3.37. The molecule has 3 rings (SSSR count). The Morgan fingerprint density at radius 2 is 1.85 bits per heavy atom. The smallest absolute Gasteiger partial charge is 0.223 e. The third-order valence-electron chi connectivity index (χ3n) is 7.11. The fraction of sp³-hybridized carbons (Fsp3) is 0.682. The Balaban J connectivity index is 1.96. The summed E-state index contributed by atoms with van der Waals surface area (Å²) in [6.45, 7) is 15.5. The number of halogens is 1. The lowest BCUT2D eigenvalue weighted by Crippen LogP contribution is -2.57. The van der Waals surface area contributed by atoms with Crippen LogP contribution in [-0.4, -0.2) is 30.8 Å². The molecule has 0 saturated carbocycles. The molecule has 2 aliphatic heterocycles. The van der Waals surface area contributed by atoms with Crippen LogP contribution in [0.4, 0.5) is 4.39 Å². The molecule has 3 nitrogen and oxygen atoms in total. The fourth-order valence-corrected chi connectivity index (χ4v) is 6.52. The summed E-state index contributed by atoms with van der Waals surface area (Å²) in [5.74, 6) is -0.0601. The van der Waals surface area contributed by atoms with E-state index < -0.39 is 13.9 Å². The van der Waals surface area contributed by atoms with Crippen molar-refractivity contribution in [2.75, 3.05) is 0 Å². The predicted molar refractivity (Wildman–Crippen MR) is 110 cm³/mol. The monoisotopic (exact) mass is 391 g/mol. The molecule has 2 fully saturated rings. The summed E-state index contributed by atoms with van der Waals surface area (Å²) in [6.07, 6.45) is 3.06. The van der Waals surface area contributed by atoms with Gasteiger partial charge < -0.3 is 9.33 Å². The average molecular weight is 392 g/mol. The lowest BCUT2D eigenvalue weighted by molar-refractivity contribution is -0.136. The lowest BCUT2D eigenvalue weighted by Gasteiger charge is -2.48. The molecule has 0 unspecified atom stereocenters. The summed E-state index contributed by atoms with van der Waals surface area (Å²) in [4.78, 5) is 15.0. The van der Waals surface area contributed by atoms with E-state index in [9.17, 15) is 9.18 Å². The lowest BCUT2D eigenvalue weighted by atomic mass is 9.86. The molecule has 2 heterocycles. The van der Waals surface area contributed by atoms with Gasteiger partial charge in [-0.15, -0.1) is 0 Å². The molecule has 0 aromatic heterocycles. The summed E-state index contributed by atoms with van der Waals surface area (Å²) < 4.78 is 20.7. The second-order valence-electron chi connectivity index (χ2n) is 10.3. The normalized spacial score (nSPS) is 26.6. The predicted octanol–water partition coefficient (Wildman–Crippen LogP) is 5.61. The Morgan fingerprint density at radius 1 is 1.19 bits per heavy atom. The highest BCUT2D eigenvalue weighted by molar-refractivity contribution is 6.74. The third-order valence-corrected chi connectivity index (χ3v) is 11.8. The molecule has 2 aliphatic rings. The second-order valence-corrected chi connectivity index (χ2v) is 15.1. The highest BCUT2D eigenvalue weighted by Gasteiger charge is 2.58. The molecule has 5 heteroatoms. The maximum atomic E-state index is 13.9. The molecule has 0 bridgehead atoms. The van der Waals surface area contributed by atoms with Crippen molar-refractivity contribution in [2.24, 2.45) is 0 Å². The number of hydrogen-bond donors (Lipinski definition) is 0. The van der Waals surface area contributed by atoms with Gasteiger partial charge in [0.15, 0.2) is 8.32 Å². The fourth-order valence-electron chi connectivity index (χ4n) is 4.76. The zero-order valence-electron chi connectivity index (χ0n) is 17.9. The van der Waals surface area contributed by atoms with Crippen molar-refractivity contribution >= 4 is 14.2 Å². The van der Waals surface area contributed by atoms with Crippen LogP contribution >= 0.6 is 0 Å². The van der Waals surface area contributed by atoms with E-state index >= 15 is 0 Å². The van der Waals surface area contributed by atoms with Crippen molar-refractivity contribution < 1.29 is 13.6 Å². The Kier molecular flexibility index (Phi) is 4.88. The van der Waals surface area contributed by atoms with Gasteiger partial charge in [-0.25, -0.2) is 4.39 Å². The molecule has 1 aromatic carbocycles. The van der Waals surface area contributed by atoms with Crippen molar-refractivity contribution in [1.82, 2.24) is 4.90 Å². The molecule has 0 radical (unpaired) electrons. The Hall–Kier alpha value is -1.20. The summed E-state index contributed by atoms with van der Waals surface area (Å²) >= 11 is 0. The van der Waals surface area contributed by atoms with Crippen LogP contribution in [0.3, 0.4) is 0 Å². The second kappa shape index (κ2) is 6.41. The molecule has 1 amide bonds. The van der Waals surface area contributed by atoms with Gasteiger partial charge in [-0.2, -0.15) is 0 Å². The van der Waals surface area contributed by atoms with E-state index in [0.29, 0.717) is 6.42 Å². The maximum absolute atomic E-state index is 13.9. The Labute approximate surface area is 164 Å². The van der Waals surface area contributed by atoms with Gasteiger partial charge in [-0.05, 0) is 68.9 Å². The van der Waals surface area contributed by atoms with Crippen molar-refractivity contribution in [2.45, 2.75) is 95.6 Å². The van der Waals surface area contributed by atoms with Crippen LogP contribution in [0.15, 0.2) is 24.3 Å². The first-order valence-corrected chi connectivity index (χ1v) is 13.0. The van der Waals surface area contributed by atoms with Gasteiger partial charge in [0.25, 0.3) is 0 Å². The van der Waals surface area contributed by atoms with Crippen LogP contribution in [0, 0.1) is 5.82 Å². The molecule has 2 atom stereocenters. The average Bonchev–Trinajstić information content (AvgIpc) is 3.05. The summed E-state index contributed by atoms with van der Waals surface area (Å²) in [6, 6.07) is 6.82. The number of amides is 1. The van der Waals surface area contributed by atoms with Gasteiger partial charge >= 0.3 is 0 Å². The number of nitrogens with zero attached hydrogens (tertiary/aromatic N) is 1. The first kappa shape index (κ1) is 20.5. The zero-order valence-corrected chi connectivity index (χ0v) is 18.9. The molecule has 0 aliphatic carbocycles. The molecule has 1 aromatic rings. The van der Waals surface area contributed by atoms with Crippen LogP contribution in [-0.2, 0) is 14.8 Å². The SMILES string of the molecule is CC(C)(O[Si](C)(C)C(C)(C)C)[C@H]1CC[C@]2(c3cccc(F)c3)CCC(=O)N12. The molecular weight excluding hydrogens is 357 g/mol. The highest BCUT2D eigenvalue weighted by atomic mass is 28.4. The van der Waals surface area contributed by atoms with E-state index in [2.05, 4.69) is 52.6 Å². The number of rotatable bonds is 4. The number of carbonyl (C=O) groups is 1. The van der Waals surface area contributed by atoms with Gasteiger partial charge in [0.2, 0.25) is 5.91 Å². The molecular formula is C22H34FNO2Si. The maximum Gasteiger partial charge on any atom is 0.223 e. The summed E-state index contributed by atoms with van der Waals surface area (Å²) in [5.41, 5.74) is 0.120. The van der Waals surface area contributed by atoms with Gasteiger partial charge in [0, 0.05) is 6.42 Å². The molecule has 2 saturated heterocycles. The van der Waals surface area contributed by atoms with Crippen LogP contribution < -0.4 is 0 Å². The van der Waals surface area contributed by atoms with E-state index in [4.69, 9.17) is 4.43 Å². The first-order chi connectivity index (χ1) is 12.3. The number of benzene rings is 1. The molecule has 0 spiro atoms. The molecule has 0 N–H and O–H groups in total.